The maximum atomic E-state index is 13.2. The van der Waals surface area contributed by atoms with Crippen LogP contribution in [0, 0.1) is 5.92 Å². The van der Waals surface area contributed by atoms with Crippen molar-refractivity contribution in [3.8, 4) is 5.75 Å². The number of hydrogen-bond acceptors (Lipinski definition) is 5. The quantitative estimate of drug-likeness (QED) is 0.662. The summed E-state index contributed by atoms with van der Waals surface area (Å²) in [5, 5.41) is 10.8. The lowest BCUT2D eigenvalue weighted by Gasteiger charge is -2.32. The zero-order chi connectivity index (χ0) is 17.6. The van der Waals surface area contributed by atoms with Crippen molar-refractivity contribution in [2.75, 3.05) is 33.3 Å². The molecule has 2 aliphatic rings. The van der Waals surface area contributed by atoms with Gasteiger partial charge in [-0.1, -0.05) is 0 Å². The van der Waals surface area contributed by atoms with Crippen LogP contribution in [0.15, 0.2) is 29.5 Å². The van der Waals surface area contributed by atoms with Crippen LogP contribution >= 0.6 is 0 Å². The molecule has 0 atom stereocenters. The molecule has 1 aromatic rings. The smallest absolute Gasteiger partial charge is 0.119 e. The molecule has 3 rings (SSSR count). The van der Waals surface area contributed by atoms with Crippen LogP contribution in [0.3, 0.4) is 0 Å². The lowest BCUT2D eigenvalue weighted by Crippen LogP contribution is -2.31. The van der Waals surface area contributed by atoms with E-state index in [9.17, 15) is 9.59 Å². The molecule has 2 aliphatic heterocycles. The molecule has 0 radical (unpaired) electrons. The number of halogens is 1. The number of aliphatic hydroxyl groups is 1. The number of piperidine rings is 1. The highest BCUT2D eigenvalue weighted by atomic mass is 19.2. The van der Waals surface area contributed by atoms with E-state index in [1.54, 1.807) is 7.11 Å². The molecule has 0 unspecified atom stereocenters. The SMILES string of the molecule is COc1ccc2c(c1)/C(=C/O)N(CCC1CCN(F)CC1)CCC=N2. The number of nitrogens with zero attached hydrogens (tertiary/aromatic N) is 3. The molecule has 0 amide bonds. The second-order valence-corrected chi connectivity index (χ2v) is 6.63. The van der Waals surface area contributed by atoms with Gasteiger partial charge in [0.2, 0.25) is 0 Å². The largest absolute Gasteiger partial charge is 0.513 e. The Morgan fingerprint density at radius 3 is 2.84 bits per heavy atom. The van der Waals surface area contributed by atoms with Crippen LogP contribution in [0.2, 0.25) is 0 Å². The predicted octanol–water partition coefficient (Wildman–Crippen LogP) is 3.95. The molecule has 1 N–H and O–H groups in total. The van der Waals surface area contributed by atoms with E-state index in [0.29, 0.717) is 19.0 Å². The van der Waals surface area contributed by atoms with Gasteiger partial charge in [-0.3, -0.25) is 4.99 Å². The Hall–Kier alpha value is -2.08. The first-order chi connectivity index (χ1) is 12.2. The van der Waals surface area contributed by atoms with Gasteiger partial charge < -0.3 is 14.7 Å². The van der Waals surface area contributed by atoms with E-state index in [4.69, 9.17) is 4.74 Å². The third-order valence-electron chi connectivity index (χ3n) is 5.07. The third kappa shape index (κ3) is 4.31. The Labute approximate surface area is 148 Å². The summed E-state index contributed by atoms with van der Waals surface area (Å²) in [6.45, 7) is 2.70. The van der Waals surface area contributed by atoms with Crippen molar-refractivity contribution in [1.82, 2.24) is 10.0 Å². The van der Waals surface area contributed by atoms with Crippen molar-refractivity contribution >= 4 is 17.6 Å². The summed E-state index contributed by atoms with van der Waals surface area (Å²) >= 11 is 0. The van der Waals surface area contributed by atoms with E-state index >= 15 is 0 Å². The van der Waals surface area contributed by atoms with Crippen LogP contribution < -0.4 is 4.74 Å². The average molecular weight is 347 g/mol. The van der Waals surface area contributed by atoms with Gasteiger partial charge in [0.1, 0.15) is 12.0 Å². The van der Waals surface area contributed by atoms with Crippen molar-refractivity contribution in [1.29, 1.82) is 0 Å². The standard InChI is InChI=1S/C19H26FN3O2/c1-25-16-3-4-18-17(13-16)19(14-24)22(9-2-8-21-18)10-5-15-6-11-23(20)12-7-15/h3-4,8,13-15,24H,2,5-7,9-12H2,1H3/b19-14-,21-8?. The van der Waals surface area contributed by atoms with E-state index in [0.717, 1.165) is 66.6 Å². The molecule has 1 aromatic carbocycles. The maximum absolute atomic E-state index is 13.2. The maximum Gasteiger partial charge on any atom is 0.119 e. The number of rotatable bonds is 4. The number of fused-ring (bicyclic) bond motifs is 1. The van der Waals surface area contributed by atoms with Crippen LogP contribution in [0.25, 0.3) is 5.70 Å². The summed E-state index contributed by atoms with van der Waals surface area (Å²) in [5.74, 6) is 1.28. The van der Waals surface area contributed by atoms with E-state index in [1.165, 1.54) is 6.26 Å². The van der Waals surface area contributed by atoms with Crippen LogP contribution in [-0.4, -0.2) is 54.6 Å². The fraction of sp³-hybridized carbons (Fsp3) is 0.526. The normalized spacial score (nSPS) is 21.0. The Bertz CT molecular complexity index is 640. The second-order valence-electron chi connectivity index (χ2n) is 6.63. The van der Waals surface area contributed by atoms with Crippen LogP contribution in [0.4, 0.5) is 10.2 Å². The van der Waals surface area contributed by atoms with Crippen molar-refractivity contribution in [2.45, 2.75) is 25.7 Å². The summed E-state index contributed by atoms with van der Waals surface area (Å²) in [7, 11) is 1.63. The first-order valence-electron chi connectivity index (χ1n) is 8.92. The lowest BCUT2D eigenvalue weighted by molar-refractivity contribution is -0.0103. The monoisotopic (exact) mass is 347 g/mol. The summed E-state index contributed by atoms with van der Waals surface area (Å²) in [4.78, 5) is 6.71. The molecule has 2 heterocycles. The number of aliphatic hydroxyl groups excluding tert-OH is 1. The molecule has 6 heteroatoms. The second kappa shape index (κ2) is 8.34. The van der Waals surface area contributed by atoms with Gasteiger partial charge in [0.25, 0.3) is 0 Å². The summed E-state index contributed by atoms with van der Waals surface area (Å²) in [6.07, 6.45) is 6.72. The molecule has 0 bridgehead atoms. The van der Waals surface area contributed by atoms with Crippen molar-refractivity contribution in [2.24, 2.45) is 10.9 Å². The predicted molar refractivity (Wildman–Crippen MR) is 98.0 cm³/mol. The van der Waals surface area contributed by atoms with Gasteiger partial charge in [-0.2, -0.15) is 0 Å². The van der Waals surface area contributed by atoms with Gasteiger partial charge in [0.15, 0.2) is 0 Å². The van der Waals surface area contributed by atoms with Gasteiger partial charge in [-0.15, -0.1) is 9.60 Å². The minimum Gasteiger partial charge on any atom is -0.513 e. The van der Waals surface area contributed by atoms with Gasteiger partial charge in [-0.05, 0) is 43.4 Å². The van der Waals surface area contributed by atoms with Gasteiger partial charge in [0, 0.05) is 44.4 Å². The zero-order valence-corrected chi connectivity index (χ0v) is 14.7. The van der Waals surface area contributed by atoms with Crippen molar-refractivity contribution in [3.63, 3.8) is 0 Å². The topological polar surface area (TPSA) is 48.3 Å². The van der Waals surface area contributed by atoms with Gasteiger partial charge in [-0.25, -0.2) is 0 Å². The average Bonchev–Trinajstić information content (AvgIpc) is 2.63. The Kier molecular flexibility index (Phi) is 5.91. The molecular formula is C19H26FN3O2. The minimum absolute atomic E-state index is 0.528. The number of benzene rings is 1. The van der Waals surface area contributed by atoms with Crippen molar-refractivity contribution < 1.29 is 14.3 Å². The van der Waals surface area contributed by atoms with Gasteiger partial charge in [0.05, 0.1) is 18.5 Å². The number of hydrogen-bond donors (Lipinski definition) is 1. The summed E-state index contributed by atoms with van der Waals surface area (Å²) in [5.41, 5.74) is 2.47. The third-order valence-corrected chi connectivity index (χ3v) is 5.07. The van der Waals surface area contributed by atoms with E-state index in [1.807, 2.05) is 24.4 Å². The van der Waals surface area contributed by atoms with E-state index in [-0.39, 0.29) is 0 Å². The zero-order valence-electron chi connectivity index (χ0n) is 14.7. The van der Waals surface area contributed by atoms with E-state index < -0.39 is 0 Å². The highest BCUT2D eigenvalue weighted by Gasteiger charge is 2.22. The first-order valence-corrected chi connectivity index (χ1v) is 8.92. The lowest BCUT2D eigenvalue weighted by atomic mass is 9.94. The van der Waals surface area contributed by atoms with E-state index in [2.05, 4.69) is 9.89 Å². The Morgan fingerprint density at radius 2 is 2.12 bits per heavy atom. The summed E-state index contributed by atoms with van der Waals surface area (Å²) < 4.78 is 18.5. The minimum atomic E-state index is 0.528. The fourth-order valence-electron chi connectivity index (χ4n) is 3.54. The number of aliphatic imine (C=N–C) groups is 1. The Morgan fingerprint density at radius 1 is 1.32 bits per heavy atom. The molecule has 1 fully saturated rings. The summed E-state index contributed by atoms with van der Waals surface area (Å²) in [6, 6.07) is 5.70. The highest BCUT2D eigenvalue weighted by Crippen LogP contribution is 2.34. The van der Waals surface area contributed by atoms with Gasteiger partial charge >= 0.3 is 0 Å². The molecule has 1 saturated heterocycles. The van der Waals surface area contributed by atoms with Crippen LogP contribution in [-0.2, 0) is 0 Å². The fourth-order valence-corrected chi connectivity index (χ4v) is 3.54. The number of ether oxygens (including phenoxy) is 1. The molecule has 5 nitrogen and oxygen atoms in total. The van der Waals surface area contributed by atoms with Crippen LogP contribution in [0.5, 0.6) is 5.75 Å². The molecule has 136 valence electrons. The molecule has 0 aromatic heterocycles. The molecule has 0 saturated carbocycles. The Balaban J connectivity index is 1.76. The molecule has 0 spiro atoms. The number of methoxy groups -OCH3 is 1. The molecule has 25 heavy (non-hydrogen) atoms. The molecular weight excluding hydrogens is 321 g/mol. The highest BCUT2D eigenvalue weighted by molar-refractivity contribution is 5.78. The van der Waals surface area contributed by atoms with Crippen molar-refractivity contribution in [3.05, 3.63) is 30.0 Å². The first kappa shape index (κ1) is 17.7. The molecule has 0 aliphatic carbocycles. The van der Waals surface area contributed by atoms with Crippen LogP contribution in [0.1, 0.15) is 31.2 Å².